The third-order valence-corrected chi connectivity index (χ3v) is 4.78. The van der Waals surface area contributed by atoms with Gasteiger partial charge in [0.15, 0.2) is 0 Å². The van der Waals surface area contributed by atoms with Crippen LogP contribution in [0.1, 0.15) is 37.7 Å². The second-order valence-electron chi connectivity index (χ2n) is 4.34. The summed E-state index contributed by atoms with van der Waals surface area (Å²) in [7, 11) is 0. The molecule has 16 heavy (non-hydrogen) atoms. The fraction of sp³-hybridized carbons (Fsp3) is 0.538. The largest absolute Gasteiger partial charge is 0.326 e. The second kappa shape index (κ2) is 5.95. The predicted molar refractivity (Wildman–Crippen MR) is 72.1 cm³/mol. The molecule has 0 unspecified atom stereocenters. The molecular weight excluding hydrogens is 238 g/mol. The molecule has 88 valence electrons. The monoisotopic (exact) mass is 255 g/mol. The summed E-state index contributed by atoms with van der Waals surface area (Å²) in [5, 5.41) is 1.59. The summed E-state index contributed by atoms with van der Waals surface area (Å²) >= 11 is 8.13. The zero-order valence-corrected chi connectivity index (χ0v) is 11.0. The Morgan fingerprint density at radius 3 is 2.62 bits per heavy atom. The molecule has 0 spiro atoms. The molecule has 0 heterocycles. The molecule has 3 heteroatoms. The van der Waals surface area contributed by atoms with E-state index in [2.05, 4.69) is 12.1 Å². The fourth-order valence-electron chi connectivity index (χ4n) is 2.14. The van der Waals surface area contributed by atoms with Gasteiger partial charge in [0.05, 0.1) is 0 Å². The molecule has 0 saturated heterocycles. The standard InChI is InChI=1S/C13H18ClNS/c14-13-8-12(7-6-10(13)9-15)16-11-4-2-1-3-5-11/h6-8,11H,1-5,9,15H2. The van der Waals surface area contributed by atoms with Crippen molar-refractivity contribution in [1.29, 1.82) is 0 Å². The molecule has 0 aliphatic heterocycles. The topological polar surface area (TPSA) is 26.0 Å². The fourth-order valence-corrected chi connectivity index (χ4v) is 3.75. The molecule has 1 fully saturated rings. The summed E-state index contributed by atoms with van der Waals surface area (Å²) in [6.07, 6.45) is 6.87. The predicted octanol–water partition coefficient (Wildman–Crippen LogP) is 4.22. The van der Waals surface area contributed by atoms with Crippen molar-refractivity contribution in [2.24, 2.45) is 5.73 Å². The lowest BCUT2D eigenvalue weighted by Crippen LogP contribution is -2.07. The number of hydrogen-bond acceptors (Lipinski definition) is 2. The Bertz CT molecular complexity index is 348. The smallest absolute Gasteiger partial charge is 0.0462 e. The summed E-state index contributed by atoms with van der Waals surface area (Å²) < 4.78 is 0. The number of nitrogens with two attached hydrogens (primary N) is 1. The quantitative estimate of drug-likeness (QED) is 0.875. The first-order valence-corrected chi connectivity index (χ1v) is 7.20. The first-order chi connectivity index (χ1) is 7.79. The molecule has 1 aromatic rings. The van der Waals surface area contributed by atoms with Crippen LogP contribution in [0.3, 0.4) is 0 Å². The summed E-state index contributed by atoms with van der Waals surface area (Å²) in [6.45, 7) is 0.521. The van der Waals surface area contributed by atoms with Crippen molar-refractivity contribution in [2.75, 3.05) is 0 Å². The number of hydrogen-bond donors (Lipinski definition) is 1. The highest BCUT2D eigenvalue weighted by atomic mass is 35.5. The highest BCUT2D eigenvalue weighted by molar-refractivity contribution is 8.00. The molecule has 1 aliphatic carbocycles. The Hall–Kier alpha value is -0.180. The molecule has 1 saturated carbocycles. The van der Waals surface area contributed by atoms with Gasteiger partial charge in [-0.3, -0.25) is 0 Å². The van der Waals surface area contributed by atoms with E-state index in [0.29, 0.717) is 6.54 Å². The van der Waals surface area contributed by atoms with Crippen LogP contribution >= 0.6 is 23.4 Å². The normalized spacial score (nSPS) is 17.6. The van der Waals surface area contributed by atoms with E-state index < -0.39 is 0 Å². The van der Waals surface area contributed by atoms with E-state index in [9.17, 15) is 0 Å². The van der Waals surface area contributed by atoms with E-state index in [-0.39, 0.29) is 0 Å². The van der Waals surface area contributed by atoms with Crippen LogP contribution in [0.15, 0.2) is 23.1 Å². The zero-order chi connectivity index (χ0) is 11.4. The van der Waals surface area contributed by atoms with Gasteiger partial charge in [-0.1, -0.05) is 36.9 Å². The average Bonchev–Trinajstić information content (AvgIpc) is 2.31. The molecule has 0 bridgehead atoms. The Kier molecular flexibility index (Phi) is 4.56. The van der Waals surface area contributed by atoms with Gasteiger partial charge in [-0.05, 0) is 30.5 Å². The van der Waals surface area contributed by atoms with Crippen LogP contribution in [-0.4, -0.2) is 5.25 Å². The molecule has 1 aromatic carbocycles. The minimum absolute atomic E-state index is 0.521. The minimum atomic E-state index is 0.521. The number of benzene rings is 1. The van der Waals surface area contributed by atoms with Crippen LogP contribution in [0.2, 0.25) is 5.02 Å². The van der Waals surface area contributed by atoms with Crippen LogP contribution in [0.25, 0.3) is 0 Å². The van der Waals surface area contributed by atoms with Gasteiger partial charge in [0, 0.05) is 21.7 Å². The van der Waals surface area contributed by atoms with Crippen molar-refractivity contribution in [1.82, 2.24) is 0 Å². The van der Waals surface area contributed by atoms with Crippen LogP contribution < -0.4 is 5.73 Å². The van der Waals surface area contributed by atoms with E-state index in [0.717, 1.165) is 15.8 Å². The SMILES string of the molecule is NCc1ccc(SC2CCCCC2)cc1Cl. The van der Waals surface area contributed by atoms with Crippen LogP contribution in [-0.2, 0) is 6.54 Å². The van der Waals surface area contributed by atoms with E-state index in [1.807, 2.05) is 17.8 Å². The Morgan fingerprint density at radius 1 is 1.25 bits per heavy atom. The minimum Gasteiger partial charge on any atom is -0.326 e. The molecule has 1 aliphatic rings. The lowest BCUT2D eigenvalue weighted by Gasteiger charge is -2.21. The molecule has 2 N–H and O–H groups in total. The van der Waals surface area contributed by atoms with Crippen molar-refractivity contribution >= 4 is 23.4 Å². The Labute approximate surface area is 107 Å². The highest BCUT2D eigenvalue weighted by Gasteiger charge is 2.14. The lowest BCUT2D eigenvalue weighted by atomic mass is 10.0. The Morgan fingerprint density at radius 2 is 2.00 bits per heavy atom. The van der Waals surface area contributed by atoms with Gasteiger partial charge in [-0.2, -0.15) is 0 Å². The van der Waals surface area contributed by atoms with Gasteiger partial charge in [0.25, 0.3) is 0 Å². The molecule has 0 aromatic heterocycles. The molecular formula is C13H18ClNS. The van der Waals surface area contributed by atoms with Crippen molar-refractivity contribution in [3.05, 3.63) is 28.8 Å². The zero-order valence-electron chi connectivity index (χ0n) is 9.42. The summed E-state index contributed by atoms with van der Waals surface area (Å²) in [6, 6.07) is 6.25. The summed E-state index contributed by atoms with van der Waals surface area (Å²) in [5.74, 6) is 0. The van der Waals surface area contributed by atoms with Crippen LogP contribution in [0, 0.1) is 0 Å². The van der Waals surface area contributed by atoms with Crippen molar-refractivity contribution in [2.45, 2.75) is 48.8 Å². The van der Waals surface area contributed by atoms with E-state index >= 15 is 0 Å². The maximum atomic E-state index is 6.15. The first kappa shape index (κ1) is 12.3. The third-order valence-electron chi connectivity index (χ3n) is 3.10. The van der Waals surface area contributed by atoms with Crippen LogP contribution in [0.5, 0.6) is 0 Å². The van der Waals surface area contributed by atoms with Crippen molar-refractivity contribution in [3.63, 3.8) is 0 Å². The number of halogens is 1. The molecule has 0 radical (unpaired) electrons. The summed E-state index contributed by atoms with van der Waals surface area (Å²) in [4.78, 5) is 1.29. The van der Waals surface area contributed by atoms with Gasteiger partial charge >= 0.3 is 0 Å². The number of thioether (sulfide) groups is 1. The van der Waals surface area contributed by atoms with E-state index in [4.69, 9.17) is 17.3 Å². The van der Waals surface area contributed by atoms with Gasteiger partial charge in [-0.15, -0.1) is 11.8 Å². The molecule has 1 nitrogen and oxygen atoms in total. The van der Waals surface area contributed by atoms with Gasteiger partial charge in [0.1, 0.15) is 0 Å². The van der Waals surface area contributed by atoms with Crippen LogP contribution in [0.4, 0.5) is 0 Å². The average molecular weight is 256 g/mol. The Balaban J connectivity index is 2.01. The molecule has 0 amide bonds. The van der Waals surface area contributed by atoms with Crippen molar-refractivity contribution < 1.29 is 0 Å². The van der Waals surface area contributed by atoms with Crippen molar-refractivity contribution in [3.8, 4) is 0 Å². The first-order valence-electron chi connectivity index (χ1n) is 5.95. The number of rotatable bonds is 3. The van der Waals surface area contributed by atoms with E-state index in [1.54, 1.807) is 0 Å². The molecule has 2 rings (SSSR count). The maximum Gasteiger partial charge on any atom is 0.0462 e. The van der Waals surface area contributed by atoms with E-state index in [1.165, 1.54) is 37.0 Å². The van der Waals surface area contributed by atoms with Gasteiger partial charge in [-0.25, -0.2) is 0 Å². The highest BCUT2D eigenvalue weighted by Crippen LogP contribution is 2.35. The second-order valence-corrected chi connectivity index (χ2v) is 6.12. The molecule has 0 atom stereocenters. The van der Waals surface area contributed by atoms with Gasteiger partial charge in [0.2, 0.25) is 0 Å². The lowest BCUT2D eigenvalue weighted by molar-refractivity contribution is 0.516. The third kappa shape index (κ3) is 3.16. The van der Waals surface area contributed by atoms with Gasteiger partial charge < -0.3 is 5.73 Å². The summed E-state index contributed by atoms with van der Waals surface area (Å²) in [5.41, 5.74) is 6.63. The maximum absolute atomic E-state index is 6.15.